The molecule has 1 aromatic heterocycles. The van der Waals surface area contributed by atoms with Gasteiger partial charge < -0.3 is 5.32 Å². The fraction of sp³-hybridized carbons (Fsp3) is 0.0870. The highest BCUT2D eigenvalue weighted by molar-refractivity contribution is 7.99. The Morgan fingerprint density at radius 3 is 2.55 bits per heavy atom. The Bertz CT molecular complexity index is 1240. The van der Waals surface area contributed by atoms with E-state index in [-0.39, 0.29) is 17.2 Å². The highest BCUT2D eigenvalue weighted by Crippen LogP contribution is 2.21. The highest BCUT2D eigenvalue weighted by atomic mass is 32.2. The monoisotopic (exact) mass is 401 g/mol. The van der Waals surface area contributed by atoms with Crippen LogP contribution in [-0.2, 0) is 4.79 Å². The zero-order valence-electron chi connectivity index (χ0n) is 15.8. The lowest BCUT2D eigenvalue weighted by atomic mass is 10.2. The third-order valence-electron chi connectivity index (χ3n) is 4.39. The van der Waals surface area contributed by atoms with E-state index in [1.165, 1.54) is 11.8 Å². The van der Waals surface area contributed by atoms with E-state index >= 15 is 0 Å². The van der Waals surface area contributed by atoms with E-state index < -0.39 is 0 Å². The normalized spacial score (nSPS) is 10.8. The third-order valence-corrected chi connectivity index (χ3v) is 5.33. The number of carbonyl (C=O) groups is 1. The van der Waals surface area contributed by atoms with Crippen LogP contribution in [0, 0.1) is 6.92 Å². The first-order chi connectivity index (χ1) is 14.1. The molecule has 1 heterocycles. The van der Waals surface area contributed by atoms with Gasteiger partial charge in [0.25, 0.3) is 5.56 Å². The van der Waals surface area contributed by atoms with Crippen LogP contribution >= 0.6 is 11.8 Å². The minimum Gasteiger partial charge on any atom is -0.325 e. The number of aromatic nitrogens is 2. The predicted octanol–water partition coefficient (Wildman–Crippen LogP) is 4.42. The first-order valence-corrected chi connectivity index (χ1v) is 10.2. The van der Waals surface area contributed by atoms with Crippen molar-refractivity contribution in [2.45, 2.75) is 12.1 Å². The van der Waals surface area contributed by atoms with Crippen molar-refractivity contribution in [1.82, 2.24) is 9.55 Å². The second kappa shape index (κ2) is 8.32. The van der Waals surface area contributed by atoms with Crippen molar-refractivity contribution >= 4 is 34.3 Å². The van der Waals surface area contributed by atoms with E-state index in [4.69, 9.17) is 0 Å². The number of nitrogens with one attached hydrogen (secondary N) is 1. The fourth-order valence-corrected chi connectivity index (χ4v) is 3.88. The number of hydrogen-bond donors (Lipinski definition) is 1. The molecule has 29 heavy (non-hydrogen) atoms. The number of aryl methyl sites for hydroxylation is 1. The quantitative estimate of drug-likeness (QED) is 0.397. The number of para-hydroxylation sites is 2. The maximum atomic E-state index is 13.1. The van der Waals surface area contributed by atoms with Crippen LogP contribution in [0.4, 0.5) is 5.69 Å². The summed E-state index contributed by atoms with van der Waals surface area (Å²) in [6.07, 6.45) is 0. The molecule has 6 heteroatoms. The average Bonchev–Trinajstić information content (AvgIpc) is 2.73. The van der Waals surface area contributed by atoms with Gasteiger partial charge in [0, 0.05) is 5.69 Å². The van der Waals surface area contributed by atoms with Gasteiger partial charge in [0.1, 0.15) is 0 Å². The van der Waals surface area contributed by atoms with Crippen molar-refractivity contribution in [2.24, 2.45) is 0 Å². The van der Waals surface area contributed by atoms with E-state index in [1.54, 1.807) is 10.6 Å². The molecule has 0 bridgehead atoms. The van der Waals surface area contributed by atoms with Crippen molar-refractivity contribution in [2.75, 3.05) is 11.1 Å². The van der Waals surface area contributed by atoms with Crippen LogP contribution in [0.1, 0.15) is 5.56 Å². The standard InChI is InChI=1S/C23H19N3O2S/c1-16-8-7-9-17(14-16)24-21(27)15-29-23-25-20-13-6-5-12-19(20)22(28)26(23)18-10-3-2-4-11-18/h2-14H,15H2,1H3,(H,24,27). The molecule has 0 aliphatic rings. The first-order valence-electron chi connectivity index (χ1n) is 9.18. The zero-order chi connectivity index (χ0) is 20.2. The molecule has 144 valence electrons. The molecule has 0 aliphatic heterocycles. The lowest BCUT2D eigenvalue weighted by molar-refractivity contribution is -0.113. The van der Waals surface area contributed by atoms with Gasteiger partial charge in [-0.3, -0.25) is 14.2 Å². The Kier molecular flexibility index (Phi) is 5.44. The van der Waals surface area contributed by atoms with Crippen molar-refractivity contribution in [3.8, 4) is 5.69 Å². The fourth-order valence-electron chi connectivity index (χ4n) is 3.06. The molecule has 0 atom stereocenters. The lowest BCUT2D eigenvalue weighted by Crippen LogP contribution is -2.22. The number of nitrogens with zero attached hydrogens (tertiary/aromatic N) is 2. The Labute approximate surface area is 172 Å². The van der Waals surface area contributed by atoms with E-state index in [0.29, 0.717) is 16.1 Å². The SMILES string of the molecule is Cc1cccc(NC(=O)CSc2nc3ccccc3c(=O)n2-c2ccccc2)c1. The molecule has 0 saturated heterocycles. The van der Waals surface area contributed by atoms with Crippen LogP contribution in [0.2, 0.25) is 0 Å². The van der Waals surface area contributed by atoms with Crippen molar-refractivity contribution in [1.29, 1.82) is 0 Å². The summed E-state index contributed by atoms with van der Waals surface area (Å²) >= 11 is 1.24. The van der Waals surface area contributed by atoms with E-state index in [1.807, 2.05) is 79.7 Å². The van der Waals surface area contributed by atoms with E-state index in [9.17, 15) is 9.59 Å². The summed E-state index contributed by atoms with van der Waals surface area (Å²) in [4.78, 5) is 30.2. The molecule has 0 fully saturated rings. The third kappa shape index (κ3) is 4.22. The minimum absolute atomic E-state index is 0.144. The summed E-state index contributed by atoms with van der Waals surface area (Å²) in [6, 6.07) is 24.2. The predicted molar refractivity (Wildman–Crippen MR) is 118 cm³/mol. The van der Waals surface area contributed by atoms with Gasteiger partial charge in [-0.2, -0.15) is 0 Å². The molecule has 1 N–H and O–H groups in total. The number of carbonyl (C=O) groups excluding carboxylic acids is 1. The van der Waals surface area contributed by atoms with Gasteiger partial charge in [-0.1, -0.05) is 54.2 Å². The molecule has 4 rings (SSSR count). The molecule has 0 saturated carbocycles. The Hall–Kier alpha value is -3.38. The van der Waals surface area contributed by atoms with Gasteiger partial charge in [-0.05, 0) is 48.9 Å². The second-order valence-electron chi connectivity index (χ2n) is 6.59. The molecule has 3 aromatic carbocycles. The van der Waals surface area contributed by atoms with Gasteiger partial charge in [0.05, 0.1) is 22.3 Å². The average molecular weight is 401 g/mol. The number of amides is 1. The molecule has 0 radical (unpaired) electrons. The van der Waals surface area contributed by atoms with Gasteiger partial charge in [0.15, 0.2) is 5.16 Å². The maximum absolute atomic E-state index is 13.1. The maximum Gasteiger partial charge on any atom is 0.266 e. The van der Waals surface area contributed by atoms with Crippen LogP contribution in [0.5, 0.6) is 0 Å². The van der Waals surface area contributed by atoms with Crippen LogP contribution in [0.3, 0.4) is 0 Å². The van der Waals surface area contributed by atoms with Crippen molar-refractivity contribution in [3.05, 3.63) is 94.8 Å². The molecule has 4 aromatic rings. The summed E-state index contributed by atoms with van der Waals surface area (Å²) < 4.78 is 1.56. The van der Waals surface area contributed by atoms with Gasteiger partial charge in [0.2, 0.25) is 5.91 Å². The number of thioether (sulfide) groups is 1. The molecule has 0 aliphatic carbocycles. The molecule has 5 nitrogen and oxygen atoms in total. The largest absolute Gasteiger partial charge is 0.325 e. The van der Waals surface area contributed by atoms with Gasteiger partial charge >= 0.3 is 0 Å². The van der Waals surface area contributed by atoms with Crippen LogP contribution in [-0.4, -0.2) is 21.2 Å². The number of anilines is 1. The van der Waals surface area contributed by atoms with Crippen LogP contribution in [0.15, 0.2) is 88.8 Å². The lowest BCUT2D eigenvalue weighted by Gasteiger charge is -2.13. The number of hydrogen-bond acceptors (Lipinski definition) is 4. The summed E-state index contributed by atoms with van der Waals surface area (Å²) in [6.45, 7) is 1.97. The number of fused-ring (bicyclic) bond motifs is 1. The summed E-state index contributed by atoms with van der Waals surface area (Å²) in [5.74, 6) is -0.00595. The van der Waals surface area contributed by atoms with Gasteiger partial charge in [-0.25, -0.2) is 4.98 Å². The topological polar surface area (TPSA) is 64.0 Å². The number of rotatable bonds is 5. The van der Waals surface area contributed by atoms with Crippen LogP contribution in [0.25, 0.3) is 16.6 Å². The second-order valence-corrected chi connectivity index (χ2v) is 7.54. The first kappa shape index (κ1) is 19.0. The number of benzene rings is 3. The molecule has 0 spiro atoms. The summed E-state index contributed by atoms with van der Waals surface area (Å²) in [5.41, 5.74) is 3.01. The Morgan fingerprint density at radius 2 is 1.76 bits per heavy atom. The highest BCUT2D eigenvalue weighted by Gasteiger charge is 2.14. The van der Waals surface area contributed by atoms with Crippen molar-refractivity contribution < 1.29 is 4.79 Å². The molecular weight excluding hydrogens is 382 g/mol. The van der Waals surface area contributed by atoms with Gasteiger partial charge in [-0.15, -0.1) is 0 Å². The van der Waals surface area contributed by atoms with E-state index in [2.05, 4.69) is 10.3 Å². The Balaban J connectivity index is 1.66. The summed E-state index contributed by atoms with van der Waals surface area (Å²) in [5, 5.41) is 3.92. The Morgan fingerprint density at radius 1 is 1.00 bits per heavy atom. The molecule has 0 unspecified atom stereocenters. The molecule has 1 amide bonds. The minimum atomic E-state index is -0.150. The van der Waals surface area contributed by atoms with Crippen LogP contribution < -0.4 is 10.9 Å². The van der Waals surface area contributed by atoms with E-state index in [0.717, 1.165) is 16.9 Å². The zero-order valence-corrected chi connectivity index (χ0v) is 16.6. The summed E-state index contributed by atoms with van der Waals surface area (Å²) in [7, 11) is 0. The molecular formula is C23H19N3O2S. The smallest absolute Gasteiger partial charge is 0.266 e. The van der Waals surface area contributed by atoms with Crippen molar-refractivity contribution in [3.63, 3.8) is 0 Å².